The lowest BCUT2D eigenvalue weighted by Crippen LogP contribution is -2.35. The minimum absolute atomic E-state index is 0.0801. The standard InChI is InChI=1S/C14H26N2O2/c1-5-16(12(2)10-13(17)18)9-7-6-8-14(3,4)11-15/h12H,5-10H2,1-4H3,(H,17,18). The summed E-state index contributed by atoms with van der Waals surface area (Å²) in [6, 6.07) is 2.38. The van der Waals surface area contributed by atoms with Gasteiger partial charge in [0.25, 0.3) is 0 Å². The highest BCUT2D eigenvalue weighted by molar-refractivity contribution is 5.67. The van der Waals surface area contributed by atoms with Crippen molar-refractivity contribution in [3.8, 4) is 6.07 Å². The second-order valence-corrected chi connectivity index (χ2v) is 5.53. The molecule has 0 bridgehead atoms. The largest absolute Gasteiger partial charge is 0.481 e. The number of unbranched alkanes of at least 4 members (excludes halogenated alkanes) is 1. The Morgan fingerprint density at radius 3 is 2.50 bits per heavy atom. The van der Waals surface area contributed by atoms with Crippen LogP contribution in [0.15, 0.2) is 0 Å². The molecule has 0 aromatic rings. The third-order valence-electron chi connectivity index (χ3n) is 3.30. The zero-order valence-electron chi connectivity index (χ0n) is 12.1. The van der Waals surface area contributed by atoms with Crippen molar-refractivity contribution in [3.05, 3.63) is 0 Å². The van der Waals surface area contributed by atoms with Gasteiger partial charge in [-0.3, -0.25) is 4.79 Å². The maximum atomic E-state index is 10.7. The first-order chi connectivity index (χ1) is 8.32. The second-order valence-electron chi connectivity index (χ2n) is 5.53. The van der Waals surface area contributed by atoms with Gasteiger partial charge < -0.3 is 10.0 Å². The molecule has 1 N–H and O–H groups in total. The van der Waals surface area contributed by atoms with Gasteiger partial charge >= 0.3 is 5.97 Å². The van der Waals surface area contributed by atoms with E-state index in [9.17, 15) is 4.79 Å². The molecule has 1 atom stereocenters. The van der Waals surface area contributed by atoms with Crippen LogP contribution in [0, 0.1) is 16.7 Å². The van der Waals surface area contributed by atoms with E-state index in [0.29, 0.717) is 0 Å². The summed E-state index contributed by atoms with van der Waals surface area (Å²) in [5.41, 5.74) is -0.246. The van der Waals surface area contributed by atoms with E-state index in [1.54, 1.807) is 0 Å². The summed E-state index contributed by atoms with van der Waals surface area (Å²) in [7, 11) is 0. The Morgan fingerprint density at radius 1 is 1.44 bits per heavy atom. The molecule has 0 rings (SSSR count). The highest BCUT2D eigenvalue weighted by atomic mass is 16.4. The summed E-state index contributed by atoms with van der Waals surface area (Å²) in [6.07, 6.45) is 3.12. The second kappa shape index (κ2) is 8.10. The molecule has 0 aromatic carbocycles. The SMILES string of the molecule is CCN(CCCCC(C)(C)C#N)C(C)CC(=O)O. The number of nitriles is 1. The fourth-order valence-electron chi connectivity index (χ4n) is 2.01. The van der Waals surface area contributed by atoms with Crippen molar-refractivity contribution >= 4 is 5.97 Å². The van der Waals surface area contributed by atoms with Crippen LogP contribution in [0.5, 0.6) is 0 Å². The maximum absolute atomic E-state index is 10.7. The van der Waals surface area contributed by atoms with E-state index in [4.69, 9.17) is 10.4 Å². The van der Waals surface area contributed by atoms with Crippen molar-refractivity contribution in [3.63, 3.8) is 0 Å². The van der Waals surface area contributed by atoms with E-state index in [2.05, 4.69) is 17.9 Å². The van der Waals surface area contributed by atoms with Gasteiger partial charge in [0.1, 0.15) is 0 Å². The molecule has 0 fully saturated rings. The van der Waals surface area contributed by atoms with Gasteiger partial charge in [0.05, 0.1) is 17.9 Å². The molecule has 0 radical (unpaired) electrons. The smallest absolute Gasteiger partial charge is 0.304 e. The third-order valence-corrected chi connectivity index (χ3v) is 3.30. The number of carboxylic acid groups (broad SMARTS) is 1. The number of hydrogen-bond acceptors (Lipinski definition) is 3. The Morgan fingerprint density at radius 2 is 2.06 bits per heavy atom. The monoisotopic (exact) mass is 254 g/mol. The van der Waals surface area contributed by atoms with Gasteiger partial charge in [-0.15, -0.1) is 0 Å². The highest BCUT2D eigenvalue weighted by Crippen LogP contribution is 2.21. The van der Waals surface area contributed by atoms with Gasteiger partial charge in [-0.25, -0.2) is 0 Å². The molecule has 4 heteroatoms. The average Bonchev–Trinajstić information content (AvgIpc) is 2.28. The van der Waals surface area contributed by atoms with E-state index < -0.39 is 5.97 Å². The van der Waals surface area contributed by atoms with Crippen molar-refractivity contribution in [1.82, 2.24) is 4.90 Å². The lowest BCUT2D eigenvalue weighted by atomic mass is 9.89. The molecule has 0 aliphatic carbocycles. The molecule has 0 saturated heterocycles. The van der Waals surface area contributed by atoms with Gasteiger partial charge in [-0.05, 0) is 46.7 Å². The molecule has 0 aromatic heterocycles. The van der Waals surface area contributed by atoms with Gasteiger partial charge in [0.15, 0.2) is 0 Å². The van der Waals surface area contributed by atoms with E-state index in [-0.39, 0.29) is 17.9 Å². The van der Waals surface area contributed by atoms with Crippen LogP contribution in [0.3, 0.4) is 0 Å². The number of rotatable bonds is 9. The van der Waals surface area contributed by atoms with Crippen LogP contribution in [0.1, 0.15) is 53.4 Å². The van der Waals surface area contributed by atoms with Gasteiger partial charge in [-0.2, -0.15) is 5.26 Å². The Kier molecular flexibility index (Phi) is 7.61. The lowest BCUT2D eigenvalue weighted by molar-refractivity contribution is -0.138. The Balaban J connectivity index is 3.95. The van der Waals surface area contributed by atoms with E-state index in [1.807, 2.05) is 20.8 Å². The molecule has 0 heterocycles. The summed E-state index contributed by atoms with van der Waals surface area (Å²) in [5.74, 6) is -0.744. The molecule has 0 amide bonds. The first-order valence-electron chi connectivity index (χ1n) is 6.69. The van der Waals surface area contributed by atoms with Crippen molar-refractivity contribution in [2.45, 2.75) is 59.4 Å². The summed E-state index contributed by atoms with van der Waals surface area (Å²) in [5, 5.41) is 17.7. The number of aliphatic carboxylic acids is 1. The Hall–Kier alpha value is -1.08. The zero-order valence-corrected chi connectivity index (χ0v) is 12.1. The highest BCUT2D eigenvalue weighted by Gasteiger charge is 2.17. The van der Waals surface area contributed by atoms with Crippen LogP contribution < -0.4 is 0 Å². The van der Waals surface area contributed by atoms with Gasteiger partial charge in [-0.1, -0.05) is 13.3 Å². The van der Waals surface area contributed by atoms with Crippen molar-refractivity contribution in [2.75, 3.05) is 13.1 Å². The molecule has 18 heavy (non-hydrogen) atoms. The third kappa shape index (κ3) is 7.29. The van der Waals surface area contributed by atoms with Crippen molar-refractivity contribution in [2.24, 2.45) is 5.41 Å². The number of carboxylic acids is 1. The fourth-order valence-corrected chi connectivity index (χ4v) is 2.01. The quantitative estimate of drug-likeness (QED) is 0.643. The average molecular weight is 254 g/mol. The van der Waals surface area contributed by atoms with E-state index >= 15 is 0 Å². The number of carbonyl (C=O) groups is 1. The van der Waals surface area contributed by atoms with Crippen molar-refractivity contribution in [1.29, 1.82) is 5.26 Å². The molecule has 0 aliphatic heterocycles. The molecule has 4 nitrogen and oxygen atoms in total. The molecular formula is C14H26N2O2. The summed E-state index contributed by atoms with van der Waals surface area (Å²) in [4.78, 5) is 12.9. The first-order valence-corrected chi connectivity index (χ1v) is 6.69. The van der Waals surface area contributed by atoms with Gasteiger partial charge in [0, 0.05) is 6.04 Å². The van der Waals surface area contributed by atoms with Crippen LogP contribution in [0.2, 0.25) is 0 Å². The molecule has 1 unspecified atom stereocenters. The van der Waals surface area contributed by atoms with Crippen molar-refractivity contribution < 1.29 is 9.90 Å². The minimum Gasteiger partial charge on any atom is -0.481 e. The number of hydrogen-bond donors (Lipinski definition) is 1. The Bertz CT molecular complexity index is 295. The molecular weight excluding hydrogens is 228 g/mol. The van der Waals surface area contributed by atoms with Gasteiger partial charge in [0.2, 0.25) is 0 Å². The fraction of sp³-hybridized carbons (Fsp3) is 0.857. The topological polar surface area (TPSA) is 64.3 Å². The molecule has 0 spiro atoms. The minimum atomic E-state index is -0.744. The van der Waals surface area contributed by atoms with Crippen LogP contribution in [0.25, 0.3) is 0 Å². The lowest BCUT2D eigenvalue weighted by Gasteiger charge is -2.27. The first kappa shape index (κ1) is 16.9. The molecule has 0 aliphatic rings. The number of nitrogens with zero attached hydrogens (tertiary/aromatic N) is 2. The molecule has 0 saturated carbocycles. The van der Waals surface area contributed by atoms with E-state index in [0.717, 1.165) is 32.4 Å². The summed E-state index contributed by atoms with van der Waals surface area (Å²) >= 11 is 0. The predicted octanol–water partition coefficient (Wildman–Crippen LogP) is 2.89. The Labute approximate surface area is 111 Å². The normalized spacial score (nSPS) is 13.3. The summed E-state index contributed by atoms with van der Waals surface area (Å²) < 4.78 is 0. The summed E-state index contributed by atoms with van der Waals surface area (Å²) in [6.45, 7) is 9.70. The molecule has 104 valence electrons. The zero-order chi connectivity index (χ0) is 14.2. The van der Waals surface area contributed by atoms with Crippen LogP contribution in [0.4, 0.5) is 0 Å². The van der Waals surface area contributed by atoms with E-state index in [1.165, 1.54) is 0 Å². The van der Waals surface area contributed by atoms with Crippen LogP contribution in [-0.4, -0.2) is 35.1 Å². The predicted molar refractivity (Wildman–Crippen MR) is 72.2 cm³/mol. The van der Waals surface area contributed by atoms with Crippen LogP contribution in [-0.2, 0) is 4.79 Å². The van der Waals surface area contributed by atoms with Crippen LogP contribution >= 0.6 is 0 Å². The maximum Gasteiger partial charge on any atom is 0.304 e.